The van der Waals surface area contributed by atoms with Crippen LogP contribution in [-0.4, -0.2) is 80.5 Å². The SMILES string of the molecule is COC(=O)[C@@H](OCc1ccccc1)C1OC(CO)C(O)C(n2cc(-c3cc(F)c(F)c(F)c3)nn2)C1O. The number of carbonyl (C=O) groups excluding carboxylic acids is 1. The minimum Gasteiger partial charge on any atom is -0.467 e. The van der Waals surface area contributed by atoms with Gasteiger partial charge >= 0.3 is 5.97 Å². The fourth-order valence-corrected chi connectivity index (χ4v) is 4.13. The Bertz CT molecular complexity index is 1210. The van der Waals surface area contributed by atoms with Gasteiger partial charge in [0.1, 0.15) is 36.2 Å². The van der Waals surface area contributed by atoms with Crippen molar-refractivity contribution in [1.29, 1.82) is 0 Å². The normalized spacial score (nSPS) is 24.6. The number of hydrogen-bond acceptors (Lipinski definition) is 9. The molecule has 2 aromatic carbocycles. The highest BCUT2D eigenvalue weighted by Gasteiger charge is 2.51. The van der Waals surface area contributed by atoms with Gasteiger partial charge in [0, 0.05) is 5.56 Å². The number of hydrogen-bond donors (Lipinski definition) is 3. The Morgan fingerprint density at radius 1 is 1.14 bits per heavy atom. The zero-order valence-corrected chi connectivity index (χ0v) is 19.4. The molecule has 6 atom stereocenters. The van der Waals surface area contributed by atoms with Crippen molar-refractivity contribution in [1.82, 2.24) is 15.0 Å². The zero-order chi connectivity index (χ0) is 26.7. The summed E-state index contributed by atoms with van der Waals surface area (Å²) in [6.45, 7) is -0.733. The van der Waals surface area contributed by atoms with E-state index >= 15 is 0 Å². The van der Waals surface area contributed by atoms with Crippen molar-refractivity contribution in [2.45, 2.75) is 43.2 Å². The van der Waals surface area contributed by atoms with Crippen LogP contribution >= 0.6 is 0 Å². The van der Waals surface area contributed by atoms with Gasteiger partial charge in [-0.1, -0.05) is 35.5 Å². The number of esters is 1. The minimum absolute atomic E-state index is 0.0423. The molecule has 0 saturated carbocycles. The molecule has 13 heteroatoms. The van der Waals surface area contributed by atoms with Crippen molar-refractivity contribution >= 4 is 5.97 Å². The summed E-state index contributed by atoms with van der Waals surface area (Å²) < 4.78 is 57.9. The molecule has 4 rings (SSSR count). The molecule has 0 aliphatic carbocycles. The van der Waals surface area contributed by atoms with E-state index in [1.165, 1.54) is 0 Å². The number of rotatable bonds is 8. The first-order valence-corrected chi connectivity index (χ1v) is 11.2. The summed E-state index contributed by atoms with van der Waals surface area (Å²) in [7, 11) is 1.12. The van der Waals surface area contributed by atoms with Crippen molar-refractivity contribution in [2.75, 3.05) is 13.7 Å². The van der Waals surface area contributed by atoms with Crippen LogP contribution in [0.5, 0.6) is 0 Å². The topological polar surface area (TPSA) is 136 Å². The summed E-state index contributed by atoms with van der Waals surface area (Å²) in [5.41, 5.74) is 0.481. The lowest BCUT2D eigenvalue weighted by Crippen LogP contribution is -2.61. The fourth-order valence-electron chi connectivity index (χ4n) is 4.13. The van der Waals surface area contributed by atoms with Crippen LogP contribution in [0, 0.1) is 17.5 Å². The Balaban J connectivity index is 1.64. The fraction of sp³-hybridized carbons (Fsp3) is 0.375. The predicted molar refractivity (Wildman–Crippen MR) is 119 cm³/mol. The summed E-state index contributed by atoms with van der Waals surface area (Å²) in [5.74, 6) is -5.40. The molecule has 3 aromatic rings. The maximum absolute atomic E-state index is 13.7. The van der Waals surface area contributed by atoms with Crippen molar-refractivity contribution in [3.63, 3.8) is 0 Å². The number of aromatic nitrogens is 3. The van der Waals surface area contributed by atoms with E-state index in [1.807, 2.05) is 0 Å². The average Bonchev–Trinajstić information content (AvgIpc) is 3.38. The van der Waals surface area contributed by atoms with E-state index in [1.54, 1.807) is 30.3 Å². The Labute approximate surface area is 208 Å². The molecule has 1 aliphatic heterocycles. The van der Waals surface area contributed by atoms with Gasteiger partial charge < -0.3 is 29.5 Å². The number of methoxy groups -OCH3 is 1. The Hall–Kier alpha value is -3.36. The van der Waals surface area contributed by atoms with Gasteiger partial charge in [-0.15, -0.1) is 5.10 Å². The molecule has 198 valence electrons. The van der Waals surface area contributed by atoms with Crippen molar-refractivity contribution < 1.29 is 47.5 Å². The Morgan fingerprint density at radius 3 is 2.43 bits per heavy atom. The average molecular weight is 523 g/mol. The third-order valence-electron chi connectivity index (χ3n) is 6.03. The molecular formula is C24H24F3N3O7. The first kappa shape index (κ1) is 26.7. The molecule has 1 aliphatic rings. The van der Waals surface area contributed by atoms with Gasteiger partial charge in [-0.2, -0.15) is 0 Å². The summed E-state index contributed by atoms with van der Waals surface area (Å²) in [4.78, 5) is 12.6. The highest BCUT2D eigenvalue weighted by atomic mass is 19.2. The van der Waals surface area contributed by atoms with Crippen LogP contribution in [-0.2, 0) is 25.6 Å². The second-order valence-corrected chi connectivity index (χ2v) is 8.37. The summed E-state index contributed by atoms with van der Waals surface area (Å²) in [6, 6.07) is 8.96. The first-order chi connectivity index (χ1) is 17.7. The highest BCUT2D eigenvalue weighted by molar-refractivity contribution is 5.75. The quantitative estimate of drug-likeness (QED) is 0.293. The van der Waals surface area contributed by atoms with E-state index in [2.05, 4.69) is 10.3 Å². The lowest BCUT2D eigenvalue weighted by atomic mass is 9.90. The largest absolute Gasteiger partial charge is 0.467 e. The van der Waals surface area contributed by atoms with E-state index in [0.29, 0.717) is 12.1 Å². The molecule has 0 radical (unpaired) electrons. The van der Waals surface area contributed by atoms with Crippen LogP contribution in [0.2, 0.25) is 0 Å². The molecular weight excluding hydrogens is 499 g/mol. The van der Waals surface area contributed by atoms with Crippen molar-refractivity contribution in [2.24, 2.45) is 0 Å². The number of nitrogens with zero attached hydrogens (tertiary/aromatic N) is 3. The van der Waals surface area contributed by atoms with E-state index in [-0.39, 0.29) is 17.9 Å². The first-order valence-electron chi connectivity index (χ1n) is 11.2. The van der Waals surface area contributed by atoms with E-state index in [0.717, 1.165) is 23.6 Å². The van der Waals surface area contributed by atoms with Gasteiger partial charge in [-0.3, -0.25) is 0 Å². The molecule has 10 nitrogen and oxygen atoms in total. The number of aliphatic hydroxyl groups is 3. The number of carbonyl (C=O) groups is 1. The van der Waals surface area contributed by atoms with Crippen LogP contribution in [0.1, 0.15) is 11.6 Å². The maximum atomic E-state index is 13.7. The van der Waals surface area contributed by atoms with E-state index < -0.39 is 66.6 Å². The number of benzene rings is 2. The van der Waals surface area contributed by atoms with E-state index in [9.17, 15) is 33.3 Å². The molecule has 1 fully saturated rings. The van der Waals surface area contributed by atoms with Gasteiger partial charge in [-0.25, -0.2) is 22.6 Å². The molecule has 1 saturated heterocycles. The van der Waals surface area contributed by atoms with Gasteiger partial charge in [0.2, 0.25) is 0 Å². The molecule has 1 aromatic heterocycles. The molecule has 0 spiro atoms. The second kappa shape index (κ2) is 11.4. The monoisotopic (exact) mass is 523 g/mol. The zero-order valence-electron chi connectivity index (χ0n) is 19.4. The number of aliphatic hydroxyl groups excluding tert-OH is 3. The molecule has 5 unspecified atom stereocenters. The van der Waals surface area contributed by atoms with Gasteiger partial charge in [0.15, 0.2) is 23.6 Å². The smallest absolute Gasteiger partial charge is 0.337 e. The third kappa shape index (κ3) is 5.50. The van der Waals surface area contributed by atoms with Crippen LogP contribution in [0.15, 0.2) is 48.7 Å². The Morgan fingerprint density at radius 2 is 1.81 bits per heavy atom. The van der Waals surface area contributed by atoms with Crippen LogP contribution in [0.4, 0.5) is 13.2 Å². The summed E-state index contributed by atoms with van der Waals surface area (Å²) >= 11 is 0. The standard InChI is InChI=1S/C24H24F3N3O7/c1-35-24(34)23(36-11-12-5-3-2-4-6-12)22-21(33)19(20(32)17(10-31)37-22)30-9-16(28-29-30)13-7-14(25)18(27)15(26)8-13/h2-9,17,19-23,31-33H,10-11H2,1H3/t17?,19?,20?,21?,22?,23-/m0/s1. The van der Waals surface area contributed by atoms with Gasteiger partial charge in [0.25, 0.3) is 0 Å². The number of halogens is 3. The van der Waals surface area contributed by atoms with E-state index in [4.69, 9.17) is 14.2 Å². The third-order valence-corrected chi connectivity index (χ3v) is 6.03. The maximum Gasteiger partial charge on any atom is 0.337 e. The van der Waals surface area contributed by atoms with Gasteiger partial charge in [-0.05, 0) is 17.7 Å². The molecule has 2 heterocycles. The molecule has 0 bridgehead atoms. The minimum atomic E-state index is -1.65. The van der Waals surface area contributed by atoms with Crippen molar-refractivity contribution in [3.8, 4) is 11.3 Å². The van der Waals surface area contributed by atoms with Crippen LogP contribution in [0.25, 0.3) is 11.3 Å². The molecule has 0 amide bonds. The lowest BCUT2D eigenvalue weighted by Gasteiger charge is -2.43. The molecule has 3 N–H and O–H groups in total. The second-order valence-electron chi connectivity index (χ2n) is 8.37. The van der Waals surface area contributed by atoms with Crippen LogP contribution < -0.4 is 0 Å². The summed E-state index contributed by atoms with van der Waals surface area (Å²) in [5, 5.41) is 39.4. The lowest BCUT2D eigenvalue weighted by molar-refractivity contribution is -0.239. The van der Waals surface area contributed by atoms with Gasteiger partial charge in [0.05, 0.1) is 26.5 Å². The highest BCUT2D eigenvalue weighted by Crippen LogP contribution is 2.33. The predicted octanol–water partition coefficient (Wildman–Crippen LogP) is 1.14. The van der Waals surface area contributed by atoms with Crippen LogP contribution in [0.3, 0.4) is 0 Å². The van der Waals surface area contributed by atoms with Crippen molar-refractivity contribution in [3.05, 3.63) is 71.7 Å². The Kier molecular flexibility index (Phi) is 8.19. The number of ether oxygens (including phenoxy) is 3. The summed E-state index contributed by atoms with van der Waals surface area (Å²) in [6.07, 6.45) is -6.19. The molecule has 37 heavy (non-hydrogen) atoms.